The Morgan fingerprint density at radius 3 is 1.22 bits per heavy atom. The zero-order valence-corrected chi connectivity index (χ0v) is 14.6. The summed E-state index contributed by atoms with van der Waals surface area (Å²) in [5, 5.41) is 60.5. The predicted molar refractivity (Wildman–Crippen MR) is 85.4 cm³/mol. The van der Waals surface area contributed by atoms with Gasteiger partial charge in [-0.3, -0.25) is 0 Å². The van der Waals surface area contributed by atoms with Crippen molar-refractivity contribution in [3.8, 4) is 0 Å². The molecule has 7 heteroatoms. The van der Waals surface area contributed by atoms with Gasteiger partial charge in [0.25, 0.3) is 0 Å². The minimum absolute atomic E-state index is 0.107. The van der Waals surface area contributed by atoms with Crippen molar-refractivity contribution >= 4 is 0 Å². The molecule has 0 aromatic heterocycles. The van der Waals surface area contributed by atoms with Crippen LogP contribution < -0.4 is 0 Å². The van der Waals surface area contributed by atoms with E-state index in [4.69, 9.17) is 4.74 Å². The lowest BCUT2D eigenvalue weighted by Crippen LogP contribution is -2.59. The van der Waals surface area contributed by atoms with Gasteiger partial charge in [0.15, 0.2) is 0 Å². The lowest BCUT2D eigenvalue weighted by Gasteiger charge is -2.41. The zero-order chi connectivity index (χ0) is 18.3. The molecule has 0 aromatic carbocycles. The predicted octanol–water partition coefficient (Wildman–Crippen LogP) is 0.244. The Hall–Kier alpha value is -0.280. The van der Waals surface area contributed by atoms with Crippen molar-refractivity contribution in [1.29, 1.82) is 0 Å². The number of hydrogen-bond acceptors (Lipinski definition) is 7. The lowest BCUT2D eigenvalue weighted by molar-refractivity contribution is -0.338. The molecule has 0 aromatic rings. The van der Waals surface area contributed by atoms with Crippen LogP contribution in [0.4, 0.5) is 0 Å². The van der Waals surface area contributed by atoms with E-state index in [1.54, 1.807) is 13.8 Å². The first-order chi connectivity index (χ1) is 10.6. The second kappa shape index (κ2) is 9.88. The van der Waals surface area contributed by atoms with Crippen molar-refractivity contribution in [3.05, 3.63) is 0 Å². The molecule has 4 atom stereocenters. The summed E-state index contributed by atoms with van der Waals surface area (Å²) in [6, 6.07) is 0. The van der Waals surface area contributed by atoms with E-state index in [-0.39, 0.29) is 25.7 Å². The van der Waals surface area contributed by atoms with Crippen LogP contribution in [-0.2, 0) is 4.74 Å². The summed E-state index contributed by atoms with van der Waals surface area (Å²) < 4.78 is 5.59. The molecule has 0 aliphatic heterocycles. The van der Waals surface area contributed by atoms with Crippen LogP contribution in [0.2, 0.25) is 0 Å². The standard InChI is InChI=1S/C16H34O7/c1-5-9-13(15(19,20)11(17)7-3)23-14(10-6-2)16(21,22)12(18)8-4/h11-14,17-22H,5-10H2,1-4H3. The first-order valence-corrected chi connectivity index (χ1v) is 8.50. The monoisotopic (exact) mass is 338 g/mol. The van der Waals surface area contributed by atoms with E-state index < -0.39 is 36.0 Å². The van der Waals surface area contributed by atoms with Gasteiger partial charge in [0.1, 0.15) is 24.4 Å². The van der Waals surface area contributed by atoms with Crippen LogP contribution in [0.1, 0.15) is 66.2 Å². The highest BCUT2D eigenvalue weighted by molar-refractivity contribution is 4.89. The summed E-state index contributed by atoms with van der Waals surface area (Å²) in [6.45, 7) is 6.82. The molecule has 4 unspecified atom stereocenters. The highest BCUT2D eigenvalue weighted by atomic mass is 16.6. The van der Waals surface area contributed by atoms with Gasteiger partial charge in [0.05, 0.1) is 0 Å². The Morgan fingerprint density at radius 1 is 0.696 bits per heavy atom. The normalized spacial score (nSPS) is 18.5. The largest absolute Gasteiger partial charge is 0.387 e. The molecule has 0 spiro atoms. The first kappa shape index (κ1) is 22.7. The van der Waals surface area contributed by atoms with Crippen LogP contribution in [0.5, 0.6) is 0 Å². The average Bonchev–Trinajstić information content (AvgIpc) is 2.51. The van der Waals surface area contributed by atoms with Crippen LogP contribution in [0, 0.1) is 0 Å². The molecule has 140 valence electrons. The minimum atomic E-state index is -2.51. The summed E-state index contributed by atoms with van der Waals surface area (Å²) in [5.41, 5.74) is 0. The van der Waals surface area contributed by atoms with Crippen molar-refractivity contribution in [3.63, 3.8) is 0 Å². The van der Waals surface area contributed by atoms with E-state index in [0.717, 1.165) is 0 Å². The fourth-order valence-corrected chi connectivity index (χ4v) is 2.51. The maximum absolute atomic E-state index is 10.2. The SMILES string of the molecule is CCCC(OC(CCC)C(O)(O)C(O)CC)C(O)(O)C(O)CC. The highest BCUT2D eigenvalue weighted by Gasteiger charge is 2.47. The molecule has 0 rings (SSSR count). The number of hydrogen-bond donors (Lipinski definition) is 6. The Morgan fingerprint density at radius 2 is 1.00 bits per heavy atom. The summed E-state index contributed by atoms with van der Waals surface area (Å²) in [4.78, 5) is 0. The lowest BCUT2D eigenvalue weighted by atomic mass is 9.94. The Balaban J connectivity index is 5.40. The van der Waals surface area contributed by atoms with E-state index in [1.807, 2.05) is 13.8 Å². The topological polar surface area (TPSA) is 131 Å². The Bertz CT molecular complexity index is 290. The van der Waals surface area contributed by atoms with Gasteiger partial charge in [-0.05, 0) is 25.7 Å². The van der Waals surface area contributed by atoms with E-state index >= 15 is 0 Å². The second-order valence-electron chi connectivity index (χ2n) is 6.10. The van der Waals surface area contributed by atoms with Crippen LogP contribution in [-0.4, -0.2) is 66.6 Å². The van der Waals surface area contributed by atoms with Gasteiger partial charge in [-0.25, -0.2) is 0 Å². The zero-order valence-electron chi connectivity index (χ0n) is 14.6. The molecule has 0 radical (unpaired) electrons. The van der Waals surface area contributed by atoms with E-state index in [0.29, 0.717) is 12.8 Å². The van der Waals surface area contributed by atoms with Crippen LogP contribution in [0.25, 0.3) is 0 Å². The maximum atomic E-state index is 10.2. The molecule has 0 amide bonds. The molecule has 0 saturated heterocycles. The van der Waals surface area contributed by atoms with Gasteiger partial charge in [-0.15, -0.1) is 0 Å². The van der Waals surface area contributed by atoms with Crippen LogP contribution >= 0.6 is 0 Å². The molecular weight excluding hydrogens is 304 g/mol. The number of aliphatic hydroxyl groups excluding tert-OH is 2. The van der Waals surface area contributed by atoms with Crippen molar-refractivity contribution in [1.82, 2.24) is 0 Å². The van der Waals surface area contributed by atoms with Gasteiger partial charge in [-0.2, -0.15) is 0 Å². The molecule has 0 heterocycles. The quantitative estimate of drug-likeness (QED) is 0.281. The molecule has 7 nitrogen and oxygen atoms in total. The smallest absolute Gasteiger partial charge is 0.216 e. The molecule has 0 aliphatic rings. The minimum Gasteiger partial charge on any atom is -0.387 e. The number of rotatable bonds is 12. The summed E-state index contributed by atoms with van der Waals surface area (Å²) in [7, 11) is 0. The third kappa shape index (κ3) is 5.94. The van der Waals surface area contributed by atoms with Gasteiger partial charge >= 0.3 is 0 Å². The third-order valence-electron chi connectivity index (χ3n) is 4.13. The fraction of sp³-hybridized carbons (Fsp3) is 1.00. The van der Waals surface area contributed by atoms with Gasteiger partial charge < -0.3 is 35.4 Å². The molecule has 0 fully saturated rings. The van der Waals surface area contributed by atoms with Crippen molar-refractivity contribution in [2.24, 2.45) is 0 Å². The molecule has 23 heavy (non-hydrogen) atoms. The molecule has 6 N–H and O–H groups in total. The fourth-order valence-electron chi connectivity index (χ4n) is 2.51. The molecule has 0 saturated carbocycles. The average molecular weight is 338 g/mol. The van der Waals surface area contributed by atoms with Crippen LogP contribution in [0.3, 0.4) is 0 Å². The van der Waals surface area contributed by atoms with E-state index in [1.165, 1.54) is 0 Å². The summed E-state index contributed by atoms with van der Waals surface area (Å²) in [5.74, 6) is -5.02. The number of aliphatic hydroxyl groups is 6. The van der Waals surface area contributed by atoms with Gasteiger partial charge in [0.2, 0.25) is 11.6 Å². The summed E-state index contributed by atoms with van der Waals surface area (Å²) >= 11 is 0. The maximum Gasteiger partial charge on any atom is 0.216 e. The van der Waals surface area contributed by atoms with Crippen molar-refractivity contribution in [2.75, 3.05) is 0 Å². The van der Waals surface area contributed by atoms with Gasteiger partial charge in [-0.1, -0.05) is 40.5 Å². The van der Waals surface area contributed by atoms with E-state index in [9.17, 15) is 30.6 Å². The first-order valence-electron chi connectivity index (χ1n) is 8.50. The number of ether oxygens (including phenoxy) is 1. The van der Waals surface area contributed by atoms with Crippen LogP contribution in [0.15, 0.2) is 0 Å². The summed E-state index contributed by atoms with van der Waals surface area (Å²) in [6.07, 6.45) is -3.54. The third-order valence-corrected chi connectivity index (χ3v) is 4.13. The molecule has 0 aliphatic carbocycles. The van der Waals surface area contributed by atoms with Gasteiger partial charge in [0, 0.05) is 0 Å². The molecule has 0 bridgehead atoms. The van der Waals surface area contributed by atoms with E-state index in [2.05, 4.69) is 0 Å². The molecular formula is C16H34O7. The Labute approximate surface area is 138 Å². The van der Waals surface area contributed by atoms with Crippen molar-refractivity contribution < 1.29 is 35.4 Å². The second-order valence-corrected chi connectivity index (χ2v) is 6.10. The van der Waals surface area contributed by atoms with Crippen molar-refractivity contribution in [2.45, 2.75) is 102 Å². The Kier molecular flexibility index (Phi) is 9.76. The highest BCUT2D eigenvalue weighted by Crippen LogP contribution is 2.29.